The van der Waals surface area contributed by atoms with Gasteiger partial charge in [-0.3, -0.25) is 4.79 Å². The molecule has 6 N–H and O–H groups in total. The van der Waals surface area contributed by atoms with Gasteiger partial charge in [0.15, 0.2) is 5.11 Å². The summed E-state index contributed by atoms with van der Waals surface area (Å²) in [5.41, 5.74) is 7.79. The Morgan fingerprint density at radius 3 is 2.17 bits per heavy atom. The Bertz CT molecular complexity index is 897. The first-order valence-electron chi connectivity index (χ1n) is 8.25. The van der Waals surface area contributed by atoms with Gasteiger partial charge in [0, 0.05) is 6.54 Å². The second-order valence-electron chi connectivity index (χ2n) is 5.98. The van der Waals surface area contributed by atoms with Gasteiger partial charge in [0.25, 0.3) is 0 Å². The minimum atomic E-state index is -3.69. The van der Waals surface area contributed by atoms with E-state index in [1.54, 1.807) is 12.1 Å². The van der Waals surface area contributed by atoms with Crippen LogP contribution >= 0.6 is 12.2 Å². The number of halogens is 1. The second kappa shape index (κ2) is 13.3. The molecule has 1 unspecified atom stereocenters. The van der Waals surface area contributed by atoms with Crippen LogP contribution in [0.2, 0.25) is 0 Å². The van der Waals surface area contributed by atoms with Crippen LogP contribution in [0.25, 0.3) is 0 Å². The van der Waals surface area contributed by atoms with E-state index in [1.807, 2.05) is 30.3 Å². The van der Waals surface area contributed by atoms with Crippen molar-refractivity contribution in [3.8, 4) is 0 Å². The van der Waals surface area contributed by atoms with Crippen LogP contribution in [0.3, 0.4) is 0 Å². The van der Waals surface area contributed by atoms with Gasteiger partial charge in [-0.2, -0.15) is 0 Å². The summed E-state index contributed by atoms with van der Waals surface area (Å²) in [4.78, 5) is 12.2. The maximum Gasteiger partial charge on any atom is 1.00 e. The van der Waals surface area contributed by atoms with E-state index in [1.165, 1.54) is 12.1 Å². The monoisotopic (exact) mass is 464 g/mol. The number of carbonyl (C=O) groups is 1. The molecule has 2 aromatic carbocycles. The van der Waals surface area contributed by atoms with Crippen LogP contribution in [-0.4, -0.2) is 32.0 Å². The van der Waals surface area contributed by atoms with Gasteiger partial charge in [0.1, 0.15) is 0 Å². The van der Waals surface area contributed by atoms with Crippen LogP contribution in [0.4, 0.5) is 0 Å². The molecule has 1 atom stereocenters. The topological polar surface area (TPSA) is 127 Å². The molecule has 1 amide bonds. The normalized spacial score (nSPS) is 11.4. The molecule has 0 aliphatic heterocycles. The van der Waals surface area contributed by atoms with Crippen LogP contribution in [0, 0.1) is 0 Å². The Kier molecular flexibility index (Phi) is 12.8. The minimum absolute atomic E-state index is 0. The molecule has 0 saturated carbocycles. The van der Waals surface area contributed by atoms with Crippen LogP contribution < -0.4 is 63.5 Å². The van der Waals surface area contributed by atoms with Gasteiger partial charge in [0.2, 0.25) is 15.9 Å². The summed E-state index contributed by atoms with van der Waals surface area (Å²) in [5, 5.41) is 10.8. The number of amides is 1. The van der Waals surface area contributed by atoms with E-state index in [0.717, 1.165) is 11.1 Å². The summed E-state index contributed by atoms with van der Waals surface area (Å²) in [5.74, 6) is -0.353. The van der Waals surface area contributed by atoms with Crippen LogP contribution in [0.1, 0.15) is 11.1 Å². The van der Waals surface area contributed by atoms with E-state index < -0.39 is 16.1 Å². The zero-order valence-corrected chi connectivity index (χ0v) is 20.4. The summed E-state index contributed by atoms with van der Waals surface area (Å²) < 4.78 is 22.4. The van der Waals surface area contributed by atoms with E-state index in [0.29, 0.717) is 19.4 Å². The average Bonchev–Trinajstić information content (AvgIpc) is 2.62. The molecule has 29 heavy (non-hydrogen) atoms. The maximum atomic E-state index is 12.1. The maximum absolute atomic E-state index is 12.1. The van der Waals surface area contributed by atoms with Gasteiger partial charge in [-0.25, -0.2) is 13.6 Å². The molecular weight excluding hydrogens is 443 g/mol. The van der Waals surface area contributed by atoms with Crippen molar-refractivity contribution in [2.75, 3.05) is 6.54 Å². The third kappa shape index (κ3) is 10.0. The first kappa shape index (κ1) is 28.0. The molecule has 0 spiro atoms. The zero-order valence-electron chi connectivity index (χ0n) is 16.0. The largest absolute Gasteiger partial charge is 1.00 e. The van der Waals surface area contributed by atoms with Gasteiger partial charge in [-0.15, -0.1) is 0 Å². The summed E-state index contributed by atoms with van der Waals surface area (Å²) in [6.45, 7) is 0.474. The van der Waals surface area contributed by atoms with Crippen molar-refractivity contribution in [1.29, 1.82) is 0 Å². The van der Waals surface area contributed by atoms with Crippen molar-refractivity contribution in [3.05, 3.63) is 65.7 Å². The third-order valence-corrected chi connectivity index (χ3v) is 5.00. The molecule has 0 saturated heterocycles. The second-order valence-corrected chi connectivity index (χ2v) is 7.95. The van der Waals surface area contributed by atoms with Crippen molar-refractivity contribution >= 4 is 33.3 Å². The van der Waals surface area contributed by atoms with E-state index in [4.69, 9.17) is 23.1 Å². The number of carbonyl (C=O) groups excluding carboxylic acids is 1. The molecule has 0 bridgehead atoms. The average molecular weight is 465 g/mol. The number of primary sulfonamides is 1. The number of hydrogen-bond acceptors (Lipinski definition) is 5. The molecule has 0 aromatic heterocycles. The molecule has 0 heterocycles. The number of nitrogens with one attached hydrogen (secondary N) is 2. The molecule has 0 radical (unpaired) electrons. The number of thiocarbonyl (C=S) groups is 1. The Morgan fingerprint density at radius 1 is 1.03 bits per heavy atom. The quantitative estimate of drug-likeness (QED) is 0.239. The number of benzene rings is 2. The molecule has 0 fully saturated rings. The predicted octanol–water partition coefficient (Wildman–Crippen LogP) is -5.55. The van der Waals surface area contributed by atoms with Gasteiger partial charge >= 0.3 is 29.6 Å². The molecular formula is C18H22ClN4NaO3S2. The minimum Gasteiger partial charge on any atom is -1.00 e. The Morgan fingerprint density at radius 2 is 1.62 bits per heavy atom. The number of sulfonamides is 1. The van der Waals surface area contributed by atoms with E-state index >= 15 is 0 Å². The van der Waals surface area contributed by atoms with Crippen molar-refractivity contribution in [2.24, 2.45) is 10.9 Å². The Hall–Kier alpha value is -1.04. The number of nitrogens with two attached hydrogens (primary N) is 2. The van der Waals surface area contributed by atoms with Crippen molar-refractivity contribution in [1.82, 2.24) is 10.6 Å². The SMILES string of the molecule is NC(Cc1ccccc1)C(=O)NC(=S)NCCc1ccc(S(N)(=O)=O)cc1.[Cl-].[Na+]. The van der Waals surface area contributed by atoms with Gasteiger partial charge < -0.3 is 28.8 Å². The van der Waals surface area contributed by atoms with Gasteiger partial charge in [0.05, 0.1) is 10.9 Å². The fourth-order valence-corrected chi connectivity index (χ4v) is 3.09. The smallest absolute Gasteiger partial charge is 1.00 e. The molecule has 0 aliphatic carbocycles. The van der Waals surface area contributed by atoms with E-state index in [-0.39, 0.29) is 57.9 Å². The molecule has 11 heteroatoms. The van der Waals surface area contributed by atoms with Crippen LogP contribution in [0.5, 0.6) is 0 Å². The van der Waals surface area contributed by atoms with Crippen LogP contribution in [-0.2, 0) is 27.7 Å². The molecule has 152 valence electrons. The fourth-order valence-electron chi connectivity index (χ4n) is 2.38. The van der Waals surface area contributed by atoms with Crippen molar-refractivity contribution < 1.29 is 55.2 Å². The summed E-state index contributed by atoms with van der Waals surface area (Å²) in [6.07, 6.45) is 1.02. The fraction of sp³-hybridized carbons (Fsp3) is 0.222. The molecule has 2 rings (SSSR count). The standard InChI is InChI=1S/C18H22N4O3S2.ClH.Na/c19-16(12-14-4-2-1-3-5-14)17(23)22-18(26)21-11-10-13-6-8-15(9-7-13)27(20,24)25;;/h1-9,16H,10-12,19H2,(H2,20,24,25)(H2,21,22,23,26);1H;/q;;+1/p-1. The number of hydrogen-bond donors (Lipinski definition) is 4. The molecule has 0 aliphatic rings. The zero-order chi connectivity index (χ0) is 19.9. The Labute approximate surface area is 204 Å². The predicted molar refractivity (Wildman–Crippen MR) is 108 cm³/mol. The van der Waals surface area contributed by atoms with Crippen molar-refractivity contribution in [3.63, 3.8) is 0 Å². The Balaban J connectivity index is 0.00000392. The summed E-state index contributed by atoms with van der Waals surface area (Å²) >= 11 is 5.10. The molecule has 7 nitrogen and oxygen atoms in total. The van der Waals surface area contributed by atoms with E-state index in [2.05, 4.69) is 10.6 Å². The summed E-state index contributed by atoms with van der Waals surface area (Å²) in [7, 11) is -3.69. The summed E-state index contributed by atoms with van der Waals surface area (Å²) in [6, 6.07) is 15.1. The van der Waals surface area contributed by atoms with E-state index in [9.17, 15) is 13.2 Å². The van der Waals surface area contributed by atoms with Gasteiger partial charge in [-0.05, 0) is 48.3 Å². The third-order valence-electron chi connectivity index (χ3n) is 3.82. The van der Waals surface area contributed by atoms with Crippen LogP contribution in [0.15, 0.2) is 59.5 Å². The first-order chi connectivity index (χ1) is 12.8. The van der Waals surface area contributed by atoms with Crippen molar-refractivity contribution in [2.45, 2.75) is 23.8 Å². The first-order valence-corrected chi connectivity index (χ1v) is 10.2. The molecule has 2 aromatic rings. The van der Waals surface area contributed by atoms with Gasteiger partial charge in [-0.1, -0.05) is 42.5 Å². The number of rotatable bonds is 7.